The lowest BCUT2D eigenvalue weighted by Crippen LogP contribution is -2.09. The Hall–Kier alpha value is -3.12. The van der Waals surface area contributed by atoms with Gasteiger partial charge in [-0.2, -0.15) is 11.8 Å². The minimum Gasteiger partial charge on any atom is -0.494 e. The third-order valence-corrected chi connectivity index (χ3v) is 7.87. The molecule has 6 heteroatoms. The first kappa shape index (κ1) is 25.5. The van der Waals surface area contributed by atoms with Crippen LogP contribution in [0.1, 0.15) is 46.6 Å². The van der Waals surface area contributed by atoms with Crippen molar-refractivity contribution in [1.82, 2.24) is 0 Å². The zero-order chi connectivity index (χ0) is 25.8. The van der Waals surface area contributed by atoms with E-state index in [0.717, 1.165) is 60.0 Å². The number of benzene rings is 3. The van der Waals surface area contributed by atoms with Gasteiger partial charge in [0.05, 0.1) is 26.7 Å². The summed E-state index contributed by atoms with van der Waals surface area (Å²) in [6, 6.07) is 17.0. The zero-order valence-corrected chi connectivity index (χ0v) is 22.6. The van der Waals surface area contributed by atoms with Gasteiger partial charge in [-0.3, -0.25) is 4.79 Å². The van der Waals surface area contributed by atoms with E-state index in [0.29, 0.717) is 19.6 Å². The number of ether oxygens (including phenoxy) is 4. The first-order valence-electron chi connectivity index (χ1n) is 12.9. The maximum atomic E-state index is 11.7. The Kier molecular flexibility index (Phi) is 7.94. The highest BCUT2D eigenvalue weighted by atomic mass is 32.2. The van der Waals surface area contributed by atoms with Gasteiger partial charge in [0.1, 0.15) is 23.9 Å². The molecule has 0 N–H and O–H groups in total. The number of carbonyl (C=O) groups is 1. The minimum atomic E-state index is -0.221. The SMILES string of the molecule is COC(=O)CC1COc2cc(OCc3ccc4c(c3)-c3c(C)cc(OCCCSC)cc3CC4)ccc21. The smallest absolute Gasteiger partial charge is 0.306 e. The number of esters is 1. The summed E-state index contributed by atoms with van der Waals surface area (Å²) in [5, 5.41) is 0. The highest BCUT2D eigenvalue weighted by Gasteiger charge is 2.27. The van der Waals surface area contributed by atoms with Gasteiger partial charge in [0.2, 0.25) is 0 Å². The molecule has 0 aromatic heterocycles. The molecular formula is C31H34O5S. The molecule has 1 aliphatic heterocycles. The van der Waals surface area contributed by atoms with Crippen molar-refractivity contribution in [2.24, 2.45) is 0 Å². The van der Waals surface area contributed by atoms with Crippen molar-refractivity contribution in [2.75, 3.05) is 32.3 Å². The van der Waals surface area contributed by atoms with Gasteiger partial charge in [0.15, 0.2) is 0 Å². The first-order chi connectivity index (χ1) is 18.1. The molecule has 0 saturated heterocycles. The molecule has 3 aromatic rings. The number of hydrogen-bond donors (Lipinski definition) is 0. The predicted octanol–water partition coefficient (Wildman–Crippen LogP) is 6.51. The van der Waals surface area contributed by atoms with Gasteiger partial charge in [0.25, 0.3) is 0 Å². The third kappa shape index (κ3) is 5.74. The van der Waals surface area contributed by atoms with E-state index in [1.54, 1.807) is 0 Å². The van der Waals surface area contributed by atoms with Gasteiger partial charge >= 0.3 is 5.97 Å². The monoisotopic (exact) mass is 518 g/mol. The quantitative estimate of drug-likeness (QED) is 0.225. The standard InChI is InChI=1S/C31H34O5S/c1-20-13-26(34-11-4-12-37-3)15-23-8-7-22-6-5-21(14-28(22)31(20)23)18-35-25-9-10-27-24(16-30(32)33-2)19-36-29(27)17-25/h5-6,9-10,13-15,17,24H,4,7-8,11-12,16,18-19H2,1-3H3. The van der Waals surface area contributed by atoms with Gasteiger partial charge in [-0.25, -0.2) is 0 Å². The number of aryl methyl sites for hydroxylation is 3. The molecule has 0 saturated carbocycles. The third-order valence-electron chi connectivity index (χ3n) is 7.17. The zero-order valence-electron chi connectivity index (χ0n) is 21.8. The Balaban J connectivity index is 1.28. The van der Waals surface area contributed by atoms with Crippen LogP contribution in [0.15, 0.2) is 48.5 Å². The average molecular weight is 519 g/mol. The van der Waals surface area contributed by atoms with Crippen LogP contribution < -0.4 is 14.2 Å². The molecule has 1 heterocycles. The normalized spacial score (nSPS) is 15.3. The molecule has 0 spiro atoms. The number of fused-ring (bicyclic) bond motifs is 4. The van der Waals surface area contributed by atoms with Crippen molar-refractivity contribution in [2.45, 2.75) is 45.1 Å². The largest absolute Gasteiger partial charge is 0.494 e. The number of rotatable bonds is 10. The Morgan fingerprint density at radius 1 is 1.03 bits per heavy atom. The molecule has 0 amide bonds. The first-order valence-corrected chi connectivity index (χ1v) is 14.3. The predicted molar refractivity (Wildman–Crippen MR) is 148 cm³/mol. The van der Waals surface area contributed by atoms with Crippen molar-refractivity contribution in [3.8, 4) is 28.4 Å². The maximum absolute atomic E-state index is 11.7. The van der Waals surface area contributed by atoms with Crippen LogP contribution in [-0.2, 0) is 29.0 Å². The van der Waals surface area contributed by atoms with Gasteiger partial charge in [0, 0.05) is 17.5 Å². The molecule has 2 aliphatic rings. The molecule has 1 atom stereocenters. The van der Waals surface area contributed by atoms with E-state index >= 15 is 0 Å². The minimum absolute atomic E-state index is 0.0294. The fourth-order valence-electron chi connectivity index (χ4n) is 5.28. The van der Waals surface area contributed by atoms with Crippen molar-refractivity contribution in [1.29, 1.82) is 0 Å². The molecule has 5 nitrogen and oxygen atoms in total. The molecule has 1 aliphatic carbocycles. The van der Waals surface area contributed by atoms with Crippen LogP contribution in [0.25, 0.3) is 11.1 Å². The molecule has 5 rings (SSSR count). The number of hydrogen-bond acceptors (Lipinski definition) is 6. The second-order valence-electron chi connectivity index (χ2n) is 9.74. The molecular weight excluding hydrogens is 484 g/mol. The van der Waals surface area contributed by atoms with E-state index in [9.17, 15) is 4.79 Å². The number of thioether (sulfide) groups is 1. The van der Waals surface area contributed by atoms with Crippen molar-refractivity contribution in [3.63, 3.8) is 0 Å². The van der Waals surface area contributed by atoms with E-state index in [1.807, 2.05) is 30.0 Å². The Labute approximate surface area is 223 Å². The van der Waals surface area contributed by atoms with Crippen molar-refractivity contribution >= 4 is 17.7 Å². The summed E-state index contributed by atoms with van der Waals surface area (Å²) in [5.74, 6) is 3.45. The summed E-state index contributed by atoms with van der Waals surface area (Å²) >= 11 is 1.85. The lowest BCUT2D eigenvalue weighted by molar-refractivity contribution is -0.141. The maximum Gasteiger partial charge on any atom is 0.306 e. The van der Waals surface area contributed by atoms with Gasteiger partial charge in [-0.05, 0) is 95.8 Å². The summed E-state index contributed by atoms with van der Waals surface area (Å²) in [6.07, 6.45) is 5.59. The second-order valence-corrected chi connectivity index (χ2v) is 10.7. The topological polar surface area (TPSA) is 54.0 Å². The molecule has 0 fully saturated rings. The molecule has 0 bridgehead atoms. The lowest BCUT2D eigenvalue weighted by atomic mass is 9.82. The summed E-state index contributed by atoms with van der Waals surface area (Å²) in [4.78, 5) is 11.7. The van der Waals surface area contributed by atoms with Gasteiger partial charge in [-0.1, -0.05) is 18.2 Å². The molecule has 1 unspecified atom stereocenters. The number of methoxy groups -OCH3 is 1. The molecule has 3 aromatic carbocycles. The van der Waals surface area contributed by atoms with Crippen LogP contribution in [0.2, 0.25) is 0 Å². The molecule has 194 valence electrons. The second kappa shape index (κ2) is 11.5. The molecule has 0 radical (unpaired) electrons. The Morgan fingerprint density at radius 3 is 2.73 bits per heavy atom. The van der Waals surface area contributed by atoms with E-state index in [4.69, 9.17) is 18.9 Å². The Bertz CT molecular complexity index is 1280. The Morgan fingerprint density at radius 2 is 1.89 bits per heavy atom. The van der Waals surface area contributed by atoms with E-state index in [-0.39, 0.29) is 11.9 Å². The van der Waals surface area contributed by atoms with Crippen molar-refractivity contribution in [3.05, 3.63) is 76.3 Å². The van der Waals surface area contributed by atoms with Crippen LogP contribution in [0, 0.1) is 6.92 Å². The van der Waals surface area contributed by atoms with Crippen LogP contribution in [0.5, 0.6) is 17.2 Å². The summed E-state index contributed by atoms with van der Waals surface area (Å²) in [5.41, 5.74) is 8.81. The summed E-state index contributed by atoms with van der Waals surface area (Å²) in [7, 11) is 1.41. The van der Waals surface area contributed by atoms with Gasteiger partial charge < -0.3 is 18.9 Å². The van der Waals surface area contributed by atoms with E-state index in [1.165, 1.54) is 34.9 Å². The van der Waals surface area contributed by atoms with Crippen LogP contribution >= 0.6 is 11.8 Å². The van der Waals surface area contributed by atoms with Crippen LogP contribution in [0.3, 0.4) is 0 Å². The van der Waals surface area contributed by atoms with Crippen LogP contribution in [0.4, 0.5) is 0 Å². The lowest BCUT2D eigenvalue weighted by Gasteiger charge is -2.24. The van der Waals surface area contributed by atoms with Crippen molar-refractivity contribution < 1.29 is 23.7 Å². The highest BCUT2D eigenvalue weighted by Crippen LogP contribution is 2.40. The van der Waals surface area contributed by atoms with E-state index < -0.39 is 0 Å². The number of carbonyl (C=O) groups excluding carboxylic acids is 1. The van der Waals surface area contributed by atoms with Crippen LogP contribution in [-0.4, -0.2) is 38.3 Å². The fraction of sp³-hybridized carbons (Fsp3) is 0.387. The highest BCUT2D eigenvalue weighted by molar-refractivity contribution is 7.98. The summed E-state index contributed by atoms with van der Waals surface area (Å²) < 4.78 is 22.8. The fourth-order valence-corrected chi connectivity index (χ4v) is 5.69. The van der Waals surface area contributed by atoms with Gasteiger partial charge in [-0.15, -0.1) is 0 Å². The molecule has 37 heavy (non-hydrogen) atoms. The summed E-state index contributed by atoms with van der Waals surface area (Å²) in [6.45, 7) is 3.91. The average Bonchev–Trinajstić information content (AvgIpc) is 3.31. The van der Waals surface area contributed by atoms with E-state index in [2.05, 4.69) is 43.5 Å².